The number of amides is 5. The molecule has 13 N–H and O–H groups in total. The Labute approximate surface area is 277 Å². The van der Waals surface area contributed by atoms with Crippen LogP contribution in [0.25, 0.3) is 0 Å². The highest BCUT2D eigenvalue weighted by Gasteiger charge is 2.28. The number of guanidine groups is 1. The highest BCUT2D eigenvalue weighted by Crippen LogP contribution is 2.12. The van der Waals surface area contributed by atoms with E-state index in [1.54, 1.807) is 42.5 Å². The van der Waals surface area contributed by atoms with Crippen LogP contribution in [0.4, 0.5) is 0 Å². The smallest absolute Gasteiger partial charge is 0.243 e. The fourth-order valence-corrected chi connectivity index (χ4v) is 4.38. The zero-order valence-electron chi connectivity index (χ0n) is 26.3. The lowest BCUT2D eigenvalue weighted by Crippen LogP contribution is -2.56. The number of benzene rings is 2. The Morgan fingerprint density at radius 1 is 0.771 bits per heavy atom. The summed E-state index contributed by atoms with van der Waals surface area (Å²) >= 11 is 0. The summed E-state index contributed by atoms with van der Waals surface area (Å²) in [5.41, 5.74) is 17.5. The quantitative estimate of drug-likeness (QED) is 0.0285. The number of nitrogens with zero attached hydrogens (tertiary/aromatic N) is 1. The fraction of sp³-hybridized carbons (Fsp3) is 0.387. The molecule has 2 rings (SSSR count). The Hall–Kier alpha value is -5.55. The van der Waals surface area contributed by atoms with E-state index >= 15 is 0 Å². The molecule has 0 bridgehead atoms. The van der Waals surface area contributed by atoms with Crippen LogP contribution in [0.3, 0.4) is 0 Å². The molecule has 0 saturated heterocycles. The first-order chi connectivity index (χ1) is 22.9. The van der Waals surface area contributed by atoms with E-state index < -0.39 is 73.4 Å². The second-order valence-corrected chi connectivity index (χ2v) is 10.7. The molecule has 48 heavy (non-hydrogen) atoms. The van der Waals surface area contributed by atoms with Gasteiger partial charge < -0.3 is 58.8 Å². The maximum atomic E-state index is 13.4. The Balaban J connectivity index is 2.16. The second kappa shape index (κ2) is 20.5. The average Bonchev–Trinajstić information content (AvgIpc) is 3.07. The number of phenols is 1. The molecule has 5 amide bonds. The summed E-state index contributed by atoms with van der Waals surface area (Å²) in [4.78, 5) is 79.5. The van der Waals surface area contributed by atoms with Crippen molar-refractivity contribution in [1.82, 2.24) is 26.6 Å². The van der Waals surface area contributed by atoms with Crippen LogP contribution in [0.5, 0.6) is 5.75 Å². The Bertz CT molecular complexity index is 1400. The molecule has 4 atom stereocenters. The lowest BCUT2D eigenvalue weighted by molar-refractivity contribution is -0.133. The Morgan fingerprint density at radius 2 is 1.35 bits per heavy atom. The molecule has 0 aliphatic rings. The third-order valence-electron chi connectivity index (χ3n) is 6.84. The van der Waals surface area contributed by atoms with Crippen molar-refractivity contribution in [2.45, 2.75) is 49.9 Å². The van der Waals surface area contributed by atoms with Crippen molar-refractivity contribution >= 4 is 41.8 Å². The van der Waals surface area contributed by atoms with Crippen LogP contribution in [-0.4, -0.2) is 102 Å². The number of aliphatic imine (C=N–C) groups is 1. The molecule has 2 aromatic rings. The van der Waals surface area contributed by atoms with Crippen molar-refractivity contribution in [3.63, 3.8) is 0 Å². The van der Waals surface area contributed by atoms with E-state index in [9.17, 15) is 39.0 Å². The number of hydrogen-bond acceptors (Lipinski definition) is 10. The standard InChI is InChI=1S/C31H43N9O8/c32-15-26(44)38-25(14-20-8-10-22(43)11-9-20)30(48)40-23(7-4-12-35-31(33)34)28(46)36-16-27(45)39-24(13-19-5-2-1-3-6-19)29(47)37-21(17-41)18-42/h1-3,5-6,8-11,17,21,23-25,42-43H,4,7,12-16,18,32H2,(H,36,46)(H,37,47)(H,38,44)(H,39,45)(H,40,48)(H4,33,34,35). The zero-order valence-corrected chi connectivity index (χ0v) is 26.3. The van der Waals surface area contributed by atoms with Gasteiger partial charge in [0.2, 0.25) is 29.5 Å². The number of carbonyl (C=O) groups excluding carboxylic acids is 6. The molecule has 17 heteroatoms. The van der Waals surface area contributed by atoms with E-state index in [1.165, 1.54) is 12.1 Å². The first-order valence-electron chi connectivity index (χ1n) is 15.1. The number of nitrogens with two attached hydrogens (primary N) is 3. The number of aliphatic hydroxyl groups excluding tert-OH is 1. The number of aromatic hydroxyl groups is 1. The van der Waals surface area contributed by atoms with Gasteiger partial charge in [-0.3, -0.25) is 29.0 Å². The molecule has 0 aliphatic carbocycles. The van der Waals surface area contributed by atoms with Crippen molar-refractivity contribution in [1.29, 1.82) is 0 Å². The minimum absolute atomic E-state index is 0.00864. The predicted octanol–water partition coefficient (Wildman–Crippen LogP) is -3.56. The Morgan fingerprint density at radius 3 is 1.92 bits per heavy atom. The zero-order chi connectivity index (χ0) is 35.5. The molecule has 4 unspecified atom stereocenters. The topological polar surface area (TPSA) is 293 Å². The number of aldehydes is 1. The molecule has 2 aromatic carbocycles. The summed E-state index contributed by atoms with van der Waals surface area (Å²) in [5.74, 6) is -3.72. The minimum atomic E-state index is -1.20. The van der Waals surface area contributed by atoms with E-state index in [2.05, 4.69) is 31.6 Å². The first-order valence-corrected chi connectivity index (χ1v) is 15.1. The molecule has 0 fully saturated rings. The number of carbonyl (C=O) groups is 6. The van der Waals surface area contributed by atoms with Crippen LogP contribution in [0.2, 0.25) is 0 Å². The predicted molar refractivity (Wildman–Crippen MR) is 175 cm³/mol. The van der Waals surface area contributed by atoms with Crippen molar-refractivity contribution in [2.75, 3.05) is 26.2 Å². The maximum absolute atomic E-state index is 13.4. The van der Waals surface area contributed by atoms with E-state index in [4.69, 9.17) is 17.2 Å². The van der Waals surface area contributed by atoms with Crippen molar-refractivity contribution in [2.24, 2.45) is 22.2 Å². The van der Waals surface area contributed by atoms with Gasteiger partial charge in [-0.05, 0) is 36.1 Å². The molecule has 0 aliphatic heterocycles. The van der Waals surface area contributed by atoms with Gasteiger partial charge >= 0.3 is 0 Å². The summed E-state index contributed by atoms with van der Waals surface area (Å²) in [6.07, 6.45) is 0.707. The largest absolute Gasteiger partial charge is 0.508 e. The molecule has 0 saturated carbocycles. The van der Waals surface area contributed by atoms with Gasteiger partial charge in [0.1, 0.15) is 36.2 Å². The number of hydrogen-bond donors (Lipinski definition) is 10. The lowest BCUT2D eigenvalue weighted by atomic mass is 10.0. The normalized spacial score (nSPS) is 13.0. The van der Waals surface area contributed by atoms with Gasteiger partial charge in [-0.1, -0.05) is 42.5 Å². The van der Waals surface area contributed by atoms with Gasteiger partial charge in [0, 0.05) is 19.4 Å². The van der Waals surface area contributed by atoms with Crippen LogP contribution in [0.1, 0.15) is 24.0 Å². The van der Waals surface area contributed by atoms with Crippen molar-refractivity contribution in [3.05, 3.63) is 65.7 Å². The number of phenolic OH excluding ortho intramolecular Hbond substituents is 1. The Kier molecular flexibility index (Phi) is 16.5. The lowest BCUT2D eigenvalue weighted by Gasteiger charge is -2.24. The third kappa shape index (κ3) is 14.3. The number of rotatable bonds is 20. The van der Waals surface area contributed by atoms with Crippen LogP contribution >= 0.6 is 0 Å². The maximum Gasteiger partial charge on any atom is 0.243 e. The van der Waals surface area contributed by atoms with E-state index in [0.29, 0.717) is 17.4 Å². The summed E-state index contributed by atoms with van der Waals surface area (Å²) in [7, 11) is 0. The fourth-order valence-electron chi connectivity index (χ4n) is 4.38. The number of nitrogens with one attached hydrogen (secondary N) is 5. The molecule has 17 nitrogen and oxygen atoms in total. The van der Waals surface area contributed by atoms with Crippen LogP contribution in [0, 0.1) is 0 Å². The molecule has 0 radical (unpaired) electrons. The molecule has 0 heterocycles. The van der Waals surface area contributed by atoms with E-state index in [1.807, 2.05) is 0 Å². The molecular formula is C31H43N9O8. The van der Waals surface area contributed by atoms with Gasteiger partial charge in [-0.2, -0.15) is 0 Å². The second-order valence-electron chi connectivity index (χ2n) is 10.7. The van der Waals surface area contributed by atoms with Gasteiger partial charge in [0.25, 0.3) is 0 Å². The molecule has 260 valence electrons. The van der Waals surface area contributed by atoms with E-state index in [0.717, 1.165) is 0 Å². The van der Waals surface area contributed by atoms with Crippen LogP contribution in [-0.2, 0) is 41.6 Å². The monoisotopic (exact) mass is 669 g/mol. The molecule has 0 aromatic heterocycles. The van der Waals surface area contributed by atoms with E-state index in [-0.39, 0.29) is 43.9 Å². The molecular weight excluding hydrogens is 626 g/mol. The van der Waals surface area contributed by atoms with Crippen LogP contribution in [0.15, 0.2) is 59.6 Å². The first kappa shape index (κ1) is 38.6. The van der Waals surface area contributed by atoms with Gasteiger partial charge in [0.15, 0.2) is 5.96 Å². The van der Waals surface area contributed by atoms with Gasteiger partial charge in [0.05, 0.1) is 19.7 Å². The number of aliphatic hydroxyl groups is 1. The summed E-state index contributed by atoms with van der Waals surface area (Å²) in [6, 6.07) is 10.0. The molecule has 0 spiro atoms. The summed E-state index contributed by atoms with van der Waals surface area (Å²) < 4.78 is 0. The van der Waals surface area contributed by atoms with Gasteiger partial charge in [-0.25, -0.2) is 0 Å². The van der Waals surface area contributed by atoms with Crippen LogP contribution < -0.4 is 43.8 Å². The summed E-state index contributed by atoms with van der Waals surface area (Å²) in [5, 5.41) is 31.3. The third-order valence-corrected chi connectivity index (χ3v) is 6.84. The van der Waals surface area contributed by atoms with Gasteiger partial charge in [-0.15, -0.1) is 0 Å². The minimum Gasteiger partial charge on any atom is -0.508 e. The SMILES string of the molecule is NCC(=O)NC(Cc1ccc(O)cc1)C(=O)NC(CCCN=C(N)N)C(=O)NCC(=O)NC(Cc1ccccc1)C(=O)NC(C=O)CO. The average molecular weight is 670 g/mol. The highest BCUT2D eigenvalue weighted by atomic mass is 16.3. The highest BCUT2D eigenvalue weighted by molar-refractivity contribution is 5.95. The van der Waals surface area contributed by atoms with Crippen molar-refractivity contribution in [3.8, 4) is 5.75 Å². The van der Waals surface area contributed by atoms with Crippen molar-refractivity contribution < 1.29 is 39.0 Å². The summed E-state index contributed by atoms with van der Waals surface area (Å²) in [6.45, 7) is -1.49.